The van der Waals surface area contributed by atoms with Gasteiger partial charge < -0.3 is 10.1 Å². The number of nitrogens with zero attached hydrogens (tertiary/aromatic N) is 1. The molecule has 0 amide bonds. The molecule has 0 aromatic heterocycles. The molecule has 0 saturated heterocycles. The van der Waals surface area contributed by atoms with Gasteiger partial charge in [0.2, 0.25) is 0 Å². The van der Waals surface area contributed by atoms with E-state index in [1.54, 1.807) is 24.3 Å². The van der Waals surface area contributed by atoms with Gasteiger partial charge in [-0.15, -0.1) is 0 Å². The molecule has 0 aliphatic heterocycles. The maximum absolute atomic E-state index is 12.9. The molecule has 0 atom stereocenters. The van der Waals surface area contributed by atoms with Gasteiger partial charge in [-0.1, -0.05) is 24.3 Å². The summed E-state index contributed by atoms with van der Waals surface area (Å²) in [6, 6.07) is 11.4. The van der Waals surface area contributed by atoms with Crippen molar-refractivity contribution in [2.24, 2.45) is 5.10 Å². The Morgan fingerprint density at radius 2 is 1.81 bits per heavy atom. The quantitative estimate of drug-likeness (QED) is 0.365. The Bertz CT molecular complexity index is 821. The lowest BCUT2D eigenvalue weighted by Crippen LogP contribution is -2.25. The number of hydrazone groups is 1. The zero-order valence-electron chi connectivity index (χ0n) is 13.5. The minimum absolute atomic E-state index is 0.0934. The van der Waals surface area contributed by atoms with Crippen LogP contribution in [-0.2, 0) is 10.9 Å². The lowest BCUT2D eigenvalue weighted by Gasteiger charge is -2.14. The third-order valence-corrected chi connectivity index (χ3v) is 3.39. The molecule has 2 aromatic carbocycles. The van der Waals surface area contributed by atoms with Crippen LogP contribution in [0.5, 0.6) is 0 Å². The van der Waals surface area contributed by atoms with Crippen LogP contribution in [0.3, 0.4) is 0 Å². The number of nitrogens with one attached hydrogen (secondary N) is 2. The third kappa shape index (κ3) is 5.28. The summed E-state index contributed by atoms with van der Waals surface area (Å²) in [5, 5.41) is 6.22. The maximum Gasteiger partial charge on any atom is 0.418 e. The number of benzene rings is 2. The highest BCUT2D eigenvalue weighted by Crippen LogP contribution is 2.34. The molecule has 26 heavy (non-hydrogen) atoms. The number of rotatable bonds is 4. The van der Waals surface area contributed by atoms with Crippen LogP contribution in [0.2, 0.25) is 0 Å². The largest absolute Gasteiger partial charge is 0.465 e. The van der Waals surface area contributed by atoms with Crippen LogP contribution in [-0.4, -0.2) is 24.4 Å². The number of hydrogen-bond acceptors (Lipinski definition) is 4. The first kappa shape index (κ1) is 19.4. The summed E-state index contributed by atoms with van der Waals surface area (Å²) in [6.45, 7) is 0. The molecule has 2 aromatic rings. The van der Waals surface area contributed by atoms with Crippen LogP contribution in [0.25, 0.3) is 0 Å². The van der Waals surface area contributed by atoms with Gasteiger partial charge in [0.15, 0.2) is 5.11 Å². The number of anilines is 1. The number of para-hydroxylation sites is 1. The molecule has 5 nitrogen and oxygen atoms in total. The van der Waals surface area contributed by atoms with Crippen molar-refractivity contribution >= 4 is 35.2 Å². The summed E-state index contributed by atoms with van der Waals surface area (Å²) >= 11 is 4.94. The topological polar surface area (TPSA) is 62.7 Å². The van der Waals surface area contributed by atoms with Crippen molar-refractivity contribution in [2.45, 2.75) is 6.18 Å². The van der Waals surface area contributed by atoms with Gasteiger partial charge in [-0.2, -0.15) is 18.3 Å². The number of alkyl halides is 3. The Hall–Kier alpha value is -2.94. The molecule has 0 aliphatic rings. The van der Waals surface area contributed by atoms with Crippen LogP contribution in [0, 0.1) is 0 Å². The zero-order chi connectivity index (χ0) is 19.2. The van der Waals surface area contributed by atoms with Crippen molar-refractivity contribution in [1.82, 2.24) is 5.43 Å². The molecule has 136 valence electrons. The summed E-state index contributed by atoms with van der Waals surface area (Å²) in [6.07, 6.45) is -3.09. The van der Waals surface area contributed by atoms with Crippen molar-refractivity contribution < 1.29 is 22.7 Å². The average molecular weight is 381 g/mol. The molecular weight excluding hydrogens is 367 g/mol. The summed E-state index contributed by atoms with van der Waals surface area (Å²) in [5.41, 5.74) is 2.48. The first-order chi connectivity index (χ1) is 12.3. The van der Waals surface area contributed by atoms with E-state index >= 15 is 0 Å². The van der Waals surface area contributed by atoms with E-state index in [-0.39, 0.29) is 10.8 Å². The van der Waals surface area contributed by atoms with Crippen molar-refractivity contribution in [3.05, 3.63) is 65.2 Å². The van der Waals surface area contributed by atoms with E-state index in [1.165, 1.54) is 31.5 Å². The molecule has 2 rings (SSSR count). The summed E-state index contributed by atoms with van der Waals surface area (Å²) in [7, 11) is 1.28. The van der Waals surface area contributed by atoms with Gasteiger partial charge in [-0.3, -0.25) is 5.43 Å². The first-order valence-corrected chi connectivity index (χ1v) is 7.67. The van der Waals surface area contributed by atoms with E-state index in [2.05, 4.69) is 20.6 Å². The van der Waals surface area contributed by atoms with Gasteiger partial charge in [0.25, 0.3) is 0 Å². The van der Waals surface area contributed by atoms with Crippen LogP contribution < -0.4 is 10.7 Å². The van der Waals surface area contributed by atoms with Gasteiger partial charge in [-0.05, 0) is 42.0 Å². The molecule has 0 fully saturated rings. The van der Waals surface area contributed by atoms with E-state index in [0.29, 0.717) is 11.1 Å². The van der Waals surface area contributed by atoms with E-state index in [1.807, 2.05) is 0 Å². The fraction of sp³-hybridized carbons (Fsp3) is 0.118. The number of methoxy groups -OCH3 is 1. The summed E-state index contributed by atoms with van der Waals surface area (Å²) in [4.78, 5) is 11.3. The highest BCUT2D eigenvalue weighted by atomic mass is 32.1. The van der Waals surface area contributed by atoms with E-state index < -0.39 is 17.7 Å². The van der Waals surface area contributed by atoms with Gasteiger partial charge in [0.1, 0.15) is 0 Å². The molecule has 0 unspecified atom stereocenters. The van der Waals surface area contributed by atoms with E-state index in [0.717, 1.165) is 6.07 Å². The van der Waals surface area contributed by atoms with Crippen molar-refractivity contribution in [3.8, 4) is 0 Å². The van der Waals surface area contributed by atoms with Gasteiger partial charge in [0, 0.05) is 0 Å². The number of carbonyl (C=O) groups excluding carboxylic acids is 1. The molecule has 0 heterocycles. The van der Waals surface area contributed by atoms with Gasteiger partial charge in [-0.25, -0.2) is 4.79 Å². The Labute approximate surface area is 152 Å². The van der Waals surface area contributed by atoms with E-state index in [4.69, 9.17) is 12.2 Å². The van der Waals surface area contributed by atoms with Gasteiger partial charge >= 0.3 is 12.1 Å². The number of carbonyl (C=O) groups is 1. The van der Waals surface area contributed by atoms with Crippen LogP contribution in [0.1, 0.15) is 21.5 Å². The molecular formula is C17H14F3N3O2S. The zero-order valence-corrected chi connectivity index (χ0v) is 14.3. The highest BCUT2D eigenvalue weighted by molar-refractivity contribution is 7.80. The third-order valence-electron chi connectivity index (χ3n) is 3.19. The SMILES string of the molecule is COC(=O)c1ccc(/C=N\NC(=S)Nc2ccccc2C(F)(F)F)cc1. The van der Waals surface area contributed by atoms with Crippen molar-refractivity contribution in [2.75, 3.05) is 12.4 Å². The monoisotopic (exact) mass is 381 g/mol. The molecule has 9 heteroatoms. The highest BCUT2D eigenvalue weighted by Gasteiger charge is 2.33. The molecule has 0 bridgehead atoms. The van der Waals surface area contributed by atoms with Crippen LogP contribution in [0.15, 0.2) is 53.6 Å². The van der Waals surface area contributed by atoms with E-state index in [9.17, 15) is 18.0 Å². The Kier molecular flexibility index (Phi) is 6.29. The number of halogens is 3. The van der Waals surface area contributed by atoms with Crippen LogP contribution >= 0.6 is 12.2 Å². The number of ether oxygens (including phenoxy) is 1. The summed E-state index contributed by atoms with van der Waals surface area (Å²) in [5.74, 6) is -0.458. The molecule has 0 aliphatic carbocycles. The second kappa shape index (κ2) is 8.43. The summed E-state index contributed by atoms with van der Waals surface area (Å²) < 4.78 is 43.4. The molecule has 0 saturated carbocycles. The van der Waals surface area contributed by atoms with Crippen molar-refractivity contribution in [3.63, 3.8) is 0 Å². The smallest absolute Gasteiger partial charge is 0.418 e. The lowest BCUT2D eigenvalue weighted by molar-refractivity contribution is -0.136. The molecule has 2 N–H and O–H groups in total. The predicted octanol–water partition coefficient (Wildman–Crippen LogP) is 3.81. The molecule has 0 radical (unpaired) electrons. The van der Waals surface area contributed by atoms with Crippen LogP contribution in [0.4, 0.5) is 18.9 Å². The normalized spacial score (nSPS) is 11.2. The predicted molar refractivity (Wildman–Crippen MR) is 96.2 cm³/mol. The minimum Gasteiger partial charge on any atom is -0.465 e. The number of esters is 1. The Morgan fingerprint density at radius 1 is 1.15 bits per heavy atom. The average Bonchev–Trinajstić information content (AvgIpc) is 2.61. The fourth-order valence-electron chi connectivity index (χ4n) is 1.98. The Morgan fingerprint density at radius 3 is 2.42 bits per heavy atom. The standard InChI is InChI=1S/C17H14F3N3O2S/c1-25-15(24)12-8-6-11(7-9-12)10-21-23-16(26)22-14-5-3-2-4-13(14)17(18,19)20/h2-10H,1H3,(H2,22,23,26)/b21-10-. The first-order valence-electron chi connectivity index (χ1n) is 7.26. The number of hydrogen-bond donors (Lipinski definition) is 2. The maximum atomic E-state index is 12.9. The minimum atomic E-state index is -4.50. The molecule has 0 spiro atoms. The lowest BCUT2D eigenvalue weighted by atomic mass is 10.1. The Balaban J connectivity index is 1.97. The van der Waals surface area contributed by atoms with Crippen molar-refractivity contribution in [1.29, 1.82) is 0 Å². The fourth-order valence-corrected chi connectivity index (χ4v) is 2.14. The second-order valence-corrected chi connectivity index (χ2v) is 5.39. The second-order valence-electron chi connectivity index (χ2n) is 4.98. The van der Waals surface area contributed by atoms with Gasteiger partial charge in [0.05, 0.1) is 30.1 Å². The number of thiocarbonyl (C=S) groups is 1.